The van der Waals surface area contributed by atoms with Gasteiger partial charge < -0.3 is 4.74 Å². The first-order valence-electron chi connectivity index (χ1n) is 5.54. The van der Waals surface area contributed by atoms with Crippen molar-refractivity contribution in [3.05, 3.63) is 63.1 Å². The lowest BCUT2D eigenvalue weighted by Crippen LogP contribution is -2.15. The van der Waals surface area contributed by atoms with Crippen LogP contribution in [0, 0.1) is 11.6 Å². The number of halogens is 4. The van der Waals surface area contributed by atoms with Crippen LogP contribution in [-0.4, -0.2) is 12.4 Å². The standard InChI is InChI=1S/C14H8BrClF2O2/c15-10-4-5-11(17)13(14(10)18)12(19)7-20-9-3-1-2-8(16)6-9/h1-6H,7H2. The summed E-state index contributed by atoms with van der Waals surface area (Å²) in [5.41, 5.74) is -0.624. The van der Waals surface area contributed by atoms with Crippen molar-refractivity contribution in [2.45, 2.75) is 0 Å². The van der Waals surface area contributed by atoms with Crippen LogP contribution < -0.4 is 4.74 Å². The van der Waals surface area contributed by atoms with E-state index in [2.05, 4.69) is 15.9 Å². The predicted molar refractivity (Wildman–Crippen MR) is 75.3 cm³/mol. The van der Waals surface area contributed by atoms with E-state index in [0.717, 1.165) is 6.07 Å². The smallest absolute Gasteiger partial charge is 0.206 e. The Balaban J connectivity index is 2.15. The summed E-state index contributed by atoms with van der Waals surface area (Å²) in [4.78, 5) is 11.8. The second kappa shape index (κ2) is 6.33. The molecule has 0 radical (unpaired) electrons. The molecule has 0 N–H and O–H groups in total. The summed E-state index contributed by atoms with van der Waals surface area (Å²) >= 11 is 8.66. The monoisotopic (exact) mass is 360 g/mol. The molecule has 2 aromatic rings. The van der Waals surface area contributed by atoms with E-state index in [0.29, 0.717) is 10.8 Å². The zero-order valence-electron chi connectivity index (χ0n) is 10.00. The first-order chi connectivity index (χ1) is 9.49. The Morgan fingerprint density at radius 1 is 1.25 bits per heavy atom. The molecule has 0 atom stereocenters. The average Bonchev–Trinajstić information content (AvgIpc) is 2.41. The normalized spacial score (nSPS) is 10.4. The van der Waals surface area contributed by atoms with Crippen LogP contribution in [0.1, 0.15) is 10.4 Å². The molecule has 0 fully saturated rings. The van der Waals surface area contributed by atoms with Crippen molar-refractivity contribution in [3.8, 4) is 5.75 Å². The van der Waals surface area contributed by atoms with E-state index in [1.165, 1.54) is 12.1 Å². The number of hydrogen-bond acceptors (Lipinski definition) is 2. The Kier molecular flexibility index (Phi) is 4.73. The largest absolute Gasteiger partial charge is 0.485 e. The van der Waals surface area contributed by atoms with Gasteiger partial charge in [0.05, 0.1) is 10.0 Å². The van der Waals surface area contributed by atoms with Crippen LogP contribution in [0.2, 0.25) is 5.02 Å². The lowest BCUT2D eigenvalue weighted by atomic mass is 10.1. The first-order valence-corrected chi connectivity index (χ1v) is 6.71. The average molecular weight is 362 g/mol. The second-order valence-electron chi connectivity index (χ2n) is 3.89. The molecule has 0 heterocycles. The number of carbonyl (C=O) groups is 1. The van der Waals surface area contributed by atoms with Crippen LogP contribution in [0.3, 0.4) is 0 Å². The first kappa shape index (κ1) is 14.9. The summed E-state index contributed by atoms with van der Waals surface area (Å²) in [6, 6.07) is 8.58. The Morgan fingerprint density at radius 3 is 2.70 bits per heavy atom. The van der Waals surface area contributed by atoms with Crippen molar-refractivity contribution in [2.24, 2.45) is 0 Å². The molecule has 2 aromatic carbocycles. The van der Waals surface area contributed by atoms with Gasteiger partial charge in [0, 0.05) is 5.02 Å². The van der Waals surface area contributed by atoms with Crippen molar-refractivity contribution >= 4 is 33.3 Å². The fourth-order valence-corrected chi connectivity index (χ4v) is 2.07. The third kappa shape index (κ3) is 3.35. The second-order valence-corrected chi connectivity index (χ2v) is 5.18. The maximum absolute atomic E-state index is 13.7. The van der Waals surface area contributed by atoms with Crippen LogP contribution in [0.15, 0.2) is 40.9 Å². The number of benzene rings is 2. The third-order valence-electron chi connectivity index (χ3n) is 2.49. The van der Waals surface area contributed by atoms with Gasteiger partial charge in [0.2, 0.25) is 5.78 Å². The van der Waals surface area contributed by atoms with Gasteiger partial charge in [0.1, 0.15) is 11.6 Å². The highest BCUT2D eigenvalue weighted by Crippen LogP contribution is 2.23. The summed E-state index contributed by atoms with van der Waals surface area (Å²) in [6.07, 6.45) is 0. The number of carbonyl (C=O) groups excluding carboxylic acids is 1. The summed E-state index contributed by atoms with van der Waals surface area (Å²) in [5, 5.41) is 0.440. The van der Waals surface area contributed by atoms with Crippen LogP contribution in [-0.2, 0) is 0 Å². The number of rotatable bonds is 4. The molecule has 0 aliphatic heterocycles. The van der Waals surface area contributed by atoms with Crippen molar-refractivity contribution in [1.29, 1.82) is 0 Å². The number of ether oxygens (including phenoxy) is 1. The Hall–Kier alpha value is -1.46. The zero-order chi connectivity index (χ0) is 14.7. The molecular weight excluding hydrogens is 354 g/mol. The highest BCUT2D eigenvalue weighted by atomic mass is 79.9. The van der Waals surface area contributed by atoms with Gasteiger partial charge in [0.15, 0.2) is 12.4 Å². The maximum atomic E-state index is 13.7. The molecular formula is C14H8BrClF2O2. The zero-order valence-corrected chi connectivity index (χ0v) is 12.3. The predicted octanol–water partition coefficient (Wildman–Crippen LogP) is 4.64. The fraction of sp³-hybridized carbons (Fsp3) is 0.0714. The summed E-state index contributed by atoms with van der Waals surface area (Å²) in [5.74, 6) is -2.31. The van der Waals surface area contributed by atoms with Crippen LogP contribution in [0.5, 0.6) is 5.75 Å². The molecule has 0 saturated carbocycles. The molecule has 0 spiro atoms. The van der Waals surface area contributed by atoms with E-state index in [4.69, 9.17) is 16.3 Å². The van der Waals surface area contributed by atoms with Crippen molar-refractivity contribution in [2.75, 3.05) is 6.61 Å². The quantitative estimate of drug-likeness (QED) is 0.586. The van der Waals surface area contributed by atoms with E-state index < -0.39 is 29.6 Å². The maximum Gasteiger partial charge on any atom is 0.206 e. The van der Waals surface area contributed by atoms with Gasteiger partial charge in [-0.05, 0) is 46.3 Å². The van der Waals surface area contributed by atoms with Gasteiger partial charge in [-0.15, -0.1) is 0 Å². The minimum Gasteiger partial charge on any atom is -0.485 e. The molecule has 2 nitrogen and oxygen atoms in total. The third-order valence-corrected chi connectivity index (χ3v) is 3.34. The molecule has 104 valence electrons. The molecule has 0 aromatic heterocycles. The van der Waals surface area contributed by atoms with Crippen molar-refractivity contribution < 1.29 is 18.3 Å². The number of ketones is 1. The Labute approximate surface area is 127 Å². The molecule has 2 rings (SSSR count). The molecule has 0 amide bonds. The lowest BCUT2D eigenvalue weighted by Gasteiger charge is -2.08. The molecule has 6 heteroatoms. The van der Waals surface area contributed by atoms with Gasteiger partial charge >= 0.3 is 0 Å². The van der Waals surface area contributed by atoms with Crippen LogP contribution >= 0.6 is 27.5 Å². The molecule has 0 aliphatic carbocycles. The summed E-state index contributed by atoms with van der Waals surface area (Å²) in [6.45, 7) is -0.482. The summed E-state index contributed by atoms with van der Waals surface area (Å²) in [7, 11) is 0. The Morgan fingerprint density at radius 2 is 2.00 bits per heavy atom. The van der Waals surface area contributed by atoms with Gasteiger partial charge in [-0.25, -0.2) is 8.78 Å². The van der Waals surface area contributed by atoms with Gasteiger partial charge in [-0.3, -0.25) is 4.79 Å². The van der Waals surface area contributed by atoms with Gasteiger partial charge in [-0.1, -0.05) is 17.7 Å². The molecule has 0 aliphatic rings. The van der Waals surface area contributed by atoms with Crippen molar-refractivity contribution in [3.63, 3.8) is 0 Å². The minimum absolute atomic E-state index is 0.0185. The molecule has 0 unspecified atom stereocenters. The molecule has 0 bridgehead atoms. The van der Waals surface area contributed by atoms with Crippen LogP contribution in [0.25, 0.3) is 0 Å². The highest BCUT2D eigenvalue weighted by Gasteiger charge is 2.20. The van der Waals surface area contributed by atoms with E-state index in [-0.39, 0.29) is 4.47 Å². The van der Waals surface area contributed by atoms with E-state index >= 15 is 0 Å². The van der Waals surface area contributed by atoms with Crippen molar-refractivity contribution in [1.82, 2.24) is 0 Å². The molecule has 20 heavy (non-hydrogen) atoms. The Bertz CT molecular complexity index is 662. The SMILES string of the molecule is O=C(COc1cccc(Cl)c1)c1c(F)ccc(Br)c1F. The number of Topliss-reactive ketones (excluding diaryl/α,β-unsaturated/α-hetero) is 1. The topological polar surface area (TPSA) is 26.3 Å². The van der Waals surface area contributed by atoms with Gasteiger partial charge in [-0.2, -0.15) is 0 Å². The minimum atomic E-state index is -0.940. The fourth-order valence-electron chi connectivity index (χ4n) is 1.56. The van der Waals surface area contributed by atoms with E-state index in [1.807, 2.05) is 0 Å². The number of hydrogen-bond donors (Lipinski definition) is 0. The van der Waals surface area contributed by atoms with Crippen LogP contribution in [0.4, 0.5) is 8.78 Å². The highest BCUT2D eigenvalue weighted by molar-refractivity contribution is 9.10. The van der Waals surface area contributed by atoms with E-state index in [9.17, 15) is 13.6 Å². The van der Waals surface area contributed by atoms with Gasteiger partial charge in [0.25, 0.3) is 0 Å². The van der Waals surface area contributed by atoms with E-state index in [1.54, 1.807) is 18.2 Å². The molecule has 0 saturated heterocycles. The summed E-state index contributed by atoms with van der Waals surface area (Å²) < 4.78 is 32.4. The lowest BCUT2D eigenvalue weighted by molar-refractivity contribution is 0.0913.